The van der Waals surface area contributed by atoms with Crippen LogP contribution in [0.3, 0.4) is 0 Å². The number of halogens is 4. The van der Waals surface area contributed by atoms with Gasteiger partial charge in [-0.3, -0.25) is 14.9 Å². The third kappa shape index (κ3) is 2.86. The van der Waals surface area contributed by atoms with Gasteiger partial charge in [-0.2, -0.15) is 13.2 Å². The van der Waals surface area contributed by atoms with E-state index in [1.807, 2.05) is 0 Å². The average molecular weight is 435 g/mol. The number of hydrogen-bond donors (Lipinski definition) is 2. The molecule has 2 N–H and O–H groups in total. The fraction of sp³-hybridized carbons (Fsp3) is 0.0526. The molecule has 3 aromatic rings. The number of aromatic amines is 1. The van der Waals surface area contributed by atoms with Gasteiger partial charge in [0.1, 0.15) is 0 Å². The number of carbonyl (C=O) groups is 2. The summed E-state index contributed by atoms with van der Waals surface area (Å²) in [7, 11) is 0. The molecule has 136 valence electrons. The molecule has 1 aromatic heterocycles. The predicted octanol–water partition coefficient (Wildman–Crippen LogP) is 4.52. The van der Waals surface area contributed by atoms with Crippen LogP contribution in [0.5, 0.6) is 0 Å². The number of nitrogens with one attached hydrogen (secondary N) is 2. The van der Waals surface area contributed by atoms with Gasteiger partial charge in [0, 0.05) is 32.7 Å². The van der Waals surface area contributed by atoms with Crippen LogP contribution in [0, 0.1) is 0 Å². The van der Waals surface area contributed by atoms with Crippen molar-refractivity contribution in [2.45, 2.75) is 6.18 Å². The standard InChI is InChI=1S/C19H10BrF3N2O2/c20-13-4-2-1-3-11(13)15-16(18(27)25-17(15)26)12-8-24-14-7-9(19(21,22)23)5-6-10(12)14/h1-8,24H,(H,25,26,27). The van der Waals surface area contributed by atoms with E-state index in [9.17, 15) is 22.8 Å². The lowest BCUT2D eigenvalue weighted by Crippen LogP contribution is -2.22. The van der Waals surface area contributed by atoms with Gasteiger partial charge in [-0.05, 0) is 18.2 Å². The average Bonchev–Trinajstić information content (AvgIpc) is 3.14. The molecule has 0 saturated heterocycles. The zero-order chi connectivity index (χ0) is 19.3. The molecule has 1 aliphatic heterocycles. The Hall–Kier alpha value is -2.87. The molecule has 0 fully saturated rings. The van der Waals surface area contributed by atoms with Crippen molar-refractivity contribution in [3.63, 3.8) is 0 Å². The SMILES string of the molecule is O=C1NC(=O)C(c2c[nH]c3cc(C(F)(F)F)ccc23)=C1c1ccccc1Br. The number of fused-ring (bicyclic) bond motifs is 1. The molecule has 0 bridgehead atoms. The highest BCUT2D eigenvalue weighted by Crippen LogP contribution is 2.38. The van der Waals surface area contributed by atoms with Crippen LogP contribution in [0.25, 0.3) is 22.0 Å². The van der Waals surface area contributed by atoms with Crippen LogP contribution in [0.15, 0.2) is 53.1 Å². The number of hydrogen-bond acceptors (Lipinski definition) is 2. The molecule has 2 amide bonds. The van der Waals surface area contributed by atoms with Crippen LogP contribution in [-0.2, 0) is 15.8 Å². The largest absolute Gasteiger partial charge is 0.416 e. The van der Waals surface area contributed by atoms with Crippen molar-refractivity contribution in [1.29, 1.82) is 0 Å². The van der Waals surface area contributed by atoms with Crippen molar-refractivity contribution in [2.24, 2.45) is 0 Å². The van der Waals surface area contributed by atoms with Crippen molar-refractivity contribution in [3.8, 4) is 0 Å². The fourth-order valence-corrected chi connectivity index (χ4v) is 3.63. The predicted molar refractivity (Wildman–Crippen MR) is 97.4 cm³/mol. The molecule has 8 heteroatoms. The summed E-state index contributed by atoms with van der Waals surface area (Å²) in [5.74, 6) is -1.14. The molecule has 0 spiro atoms. The summed E-state index contributed by atoms with van der Waals surface area (Å²) in [6.07, 6.45) is -3.03. The quantitative estimate of drug-likeness (QED) is 0.582. The number of rotatable bonds is 2. The van der Waals surface area contributed by atoms with E-state index in [4.69, 9.17) is 0 Å². The minimum Gasteiger partial charge on any atom is -0.361 e. The molecule has 27 heavy (non-hydrogen) atoms. The molecule has 0 atom stereocenters. The van der Waals surface area contributed by atoms with Crippen molar-refractivity contribution in [1.82, 2.24) is 10.3 Å². The fourth-order valence-electron chi connectivity index (χ4n) is 3.14. The Balaban J connectivity index is 1.96. The van der Waals surface area contributed by atoms with Crippen LogP contribution in [0.2, 0.25) is 0 Å². The normalized spacial score (nSPS) is 15.0. The van der Waals surface area contributed by atoms with E-state index in [-0.39, 0.29) is 16.7 Å². The highest BCUT2D eigenvalue weighted by Gasteiger charge is 2.35. The Kier molecular flexibility index (Phi) is 3.96. The third-order valence-electron chi connectivity index (χ3n) is 4.35. The minimum atomic E-state index is -4.47. The van der Waals surface area contributed by atoms with Gasteiger partial charge in [0.25, 0.3) is 11.8 Å². The second-order valence-electron chi connectivity index (χ2n) is 5.97. The molecule has 1 aliphatic rings. The Morgan fingerprint density at radius 1 is 0.889 bits per heavy atom. The zero-order valence-corrected chi connectivity index (χ0v) is 15.0. The van der Waals surface area contributed by atoms with Gasteiger partial charge in [0.15, 0.2) is 0 Å². The second-order valence-corrected chi connectivity index (χ2v) is 6.83. The minimum absolute atomic E-state index is 0.123. The summed E-state index contributed by atoms with van der Waals surface area (Å²) in [5, 5.41) is 2.69. The first kappa shape index (κ1) is 17.5. The van der Waals surface area contributed by atoms with Gasteiger partial charge in [0.05, 0.1) is 16.7 Å². The van der Waals surface area contributed by atoms with Gasteiger partial charge >= 0.3 is 6.18 Å². The molecule has 0 unspecified atom stereocenters. The van der Waals surface area contributed by atoms with Crippen molar-refractivity contribution >= 4 is 49.8 Å². The lowest BCUT2D eigenvalue weighted by atomic mass is 9.95. The number of imide groups is 1. The van der Waals surface area contributed by atoms with Crippen molar-refractivity contribution in [3.05, 3.63) is 69.8 Å². The topological polar surface area (TPSA) is 62.0 Å². The maximum atomic E-state index is 12.9. The smallest absolute Gasteiger partial charge is 0.361 e. The van der Waals surface area contributed by atoms with Gasteiger partial charge in [0.2, 0.25) is 0 Å². The molecular formula is C19H10BrF3N2O2. The summed E-state index contributed by atoms with van der Waals surface area (Å²) in [4.78, 5) is 27.6. The lowest BCUT2D eigenvalue weighted by Gasteiger charge is -2.08. The van der Waals surface area contributed by atoms with Crippen LogP contribution >= 0.6 is 15.9 Å². The van der Waals surface area contributed by atoms with Crippen molar-refractivity contribution < 1.29 is 22.8 Å². The number of carbonyl (C=O) groups excluding carboxylic acids is 2. The van der Waals surface area contributed by atoms with E-state index < -0.39 is 23.6 Å². The first-order valence-corrected chi connectivity index (χ1v) is 8.60. The van der Waals surface area contributed by atoms with Crippen LogP contribution < -0.4 is 5.32 Å². The van der Waals surface area contributed by atoms with Crippen LogP contribution in [0.4, 0.5) is 13.2 Å². The van der Waals surface area contributed by atoms with Gasteiger partial charge in [-0.25, -0.2) is 0 Å². The van der Waals surface area contributed by atoms with Crippen LogP contribution in [-0.4, -0.2) is 16.8 Å². The molecule has 2 heterocycles. The van der Waals surface area contributed by atoms with Gasteiger partial charge < -0.3 is 4.98 Å². The lowest BCUT2D eigenvalue weighted by molar-refractivity contribution is -0.137. The maximum absolute atomic E-state index is 12.9. The molecular weight excluding hydrogens is 425 g/mol. The van der Waals surface area contributed by atoms with Gasteiger partial charge in [-0.1, -0.05) is 40.2 Å². The molecule has 0 saturated carbocycles. The molecule has 4 nitrogen and oxygen atoms in total. The van der Waals surface area contributed by atoms with E-state index in [0.29, 0.717) is 21.0 Å². The summed E-state index contributed by atoms with van der Waals surface area (Å²) in [5.41, 5.74) is 0.623. The number of H-pyrrole nitrogens is 1. The highest BCUT2D eigenvalue weighted by molar-refractivity contribution is 9.10. The highest BCUT2D eigenvalue weighted by atomic mass is 79.9. The van der Waals surface area contributed by atoms with E-state index in [1.165, 1.54) is 12.3 Å². The molecule has 0 radical (unpaired) electrons. The Bertz CT molecular complexity index is 1150. The Labute approximate surface area is 159 Å². The van der Waals surface area contributed by atoms with E-state index in [2.05, 4.69) is 26.2 Å². The summed E-state index contributed by atoms with van der Waals surface area (Å²) < 4.78 is 39.4. The second kappa shape index (κ2) is 6.09. The maximum Gasteiger partial charge on any atom is 0.416 e. The summed E-state index contributed by atoms with van der Waals surface area (Å²) in [6, 6.07) is 10.2. The number of alkyl halides is 3. The van der Waals surface area contributed by atoms with E-state index in [0.717, 1.165) is 12.1 Å². The van der Waals surface area contributed by atoms with Gasteiger partial charge in [-0.15, -0.1) is 0 Å². The molecule has 0 aliphatic carbocycles. The summed E-state index contributed by atoms with van der Waals surface area (Å²) in [6.45, 7) is 0. The number of aromatic nitrogens is 1. The Morgan fingerprint density at radius 3 is 2.22 bits per heavy atom. The summed E-state index contributed by atoms with van der Waals surface area (Å²) >= 11 is 3.37. The van der Waals surface area contributed by atoms with Crippen molar-refractivity contribution in [2.75, 3.05) is 0 Å². The number of benzene rings is 2. The zero-order valence-electron chi connectivity index (χ0n) is 13.4. The Morgan fingerprint density at radius 2 is 1.56 bits per heavy atom. The first-order chi connectivity index (χ1) is 12.8. The molecule has 2 aromatic carbocycles. The first-order valence-electron chi connectivity index (χ1n) is 7.81. The number of amides is 2. The monoisotopic (exact) mass is 434 g/mol. The van der Waals surface area contributed by atoms with E-state index in [1.54, 1.807) is 24.3 Å². The molecule has 4 rings (SSSR count). The van der Waals surface area contributed by atoms with E-state index >= 15 is 0 Å². The van der Waals surface area contributed by atoms with Crippen LogP contribution in [0.1, 0.15) is 16.7 Å². The third-order valence-corrected chi connectivity index (χ3v) is 5.04.